The summed E-state index contributed by atoms with van der Waals surface area (Å²) in [5.74, 6) is -0.664. The summed E-state index contributed by atoms with van der Waals surface area (Å²) in [5, 5.41) is 12.5. The Balaban J connectivity index is 2.18. The highest BCUT2D eigenvalue weighted by Gasteiger charge is 2.29. The van der Waals surface area contributed by atoms with Gasteiger partial charge in [0.05, 0.1) is 0 Å². The molecule has 2 N–H and O–H groups in total. The van der Waals surface area contributed by atoms with Crippen LogP contribution in [0.3, 0.4) is 0 Å². The summed E-state index contributed by atoms with van der Waals surface area (Å²) in [6, 6.07) is 6.18. The molecule has 0 saturated carbocycles. The fourth-order valence-corrected chi connectivity index (χ4v) is 2.66. The summed E-state index contributed by atoms with van der Waals surface area (Å²) in [5.41, 5.74) is 3.87. The Morgan fingerprint density at radius 1 is 1.44 bits per heavy atom. The van der Waals surface area contributed by atoms with Gasteiger partial charge in [0, 0.05) is 6.04 Å². The molecule has 1 aromatic rings. The number of nitrogens with one attached hydrogen (secondary N) is 1. The summed E-state index contributed by atoms with van der Waals surface area (Å²) in [6.45, 7) is 5.96. The number of carbonyl (C=O) groups is 1. The predicted octanol–water partition coefficient (Wildman–Crippen LogP) is 2.68. The number of hydrogen-bond acceptors (Lipinski definition) is 2. The van der Waals surface area contributed by atoms with E-state index >= 15 is 0 Å². The van der Waals surface area contributed by atoms with Crippen molar-refractivity contribution in [1.82, 2.24) is 5.32 Å². The SMILES string of the molecule is Cc1ccc2c(c1)C(NC(C(=O)O)C(C)C)CC2. The first-order chi connectivity index (χ1) is 8.49. The third-order valence-electron chi connectivity index (χ3n) is 3.69. The lowest BCUT2D eigenvalue weighted by Crippen LogP contribution is -2.42. The molecule has 0 spiro atoms. The van der Waals surface area contributed by atoms with Crippen LogP contribution in [-0.4, -0.2) is 17.1 Å². The van der Waals surface area contributed by atoms with E-state index in [0.29, 0.717) is 0 Å². The van der Waals surface area contributed by atoms with Crippen molar-refractivity contribution in [1.29, 1.82) is 0 Å². The molecule has 3 nitrogen and oxygen atoms in total. The molecule has 2 unspecified atom stereocenters. The number of carboxylic acids is 1. The van der Waals surface area contributed by atoms with E-state index in [2.05, 4.69) is 30.4 Å². The Hall–Kier alpha value is -1.35. The van der Waals surface area contributed by atoms with E-state index in [1.54, 1.807) is 0 Å². The van der Waals surface area contributed by atoms with Crippen LogP contribution in [0.2, 0.25) is 0 Å². The number of benzene rings is 1. The molecule has 0 aromatic heterocycles. The smallest absolute Gasteiger partial charge is 0.320 e. The van der Waals surface area contributed by atoms with Gasteiger partial charge >= 0.3 is 5.97 Å². The van der Waals surface area contributed by atoms with Crippen molar-refractivity contribution in [3.8, 4) is 0 Å². The highest BCUT2D eigenvalue weighted by molar-refractivity contribution is 5.73. The maximum atomic E-state index is 11.2. The molecule has 0 amide bonds. The fourth-order valence-electron chi connectivity index (χ4n) is 2.66. The number of fused-ring (bicyclic) bond motifs is 1. The van der Waals surface area contributed by atoms with Crippen LogP contribution in [0.5, 0.6) is 0 Å². The molecule has 2 atom stereocenters. The summed E-state index contributed by atoms with van der Waals surface area (Å²) >= 11 is 0. The molecule has 0 aliphatic heterocycles. The van der Waals surface area contributed by atoms with Gasteiger partial charge < -0.3 is 5.11 Å². The molecular formula is C15H21NO2. The average molecular weight is 247 g/mol. The van der Waals surface area contributed by atoms with Gasteiger partial charge in [-0.15, -0.1) is 0 Å². The maximum Gasteiger partial charge on any atom is 0.320 e. The second kappa shape index (κ2) is 5.11. The second-order valence-corrected chi connectivity index (χ2v) is 5.52. The zero-order valence-electron chi connectivity index (χ0n) is 11.2. The lowest BCUT2D eigenvalue weighted by Gasteiger charge is -2.23. The molecule has 0 bridgehead atoms. The van der Waals surface area contributed by atoms with Crippen molar-refractivity contribution >= 4 is 5.97 Å². The Labute approximate surface area is 108 Å². The summed E-state index contributed by atoms with van der Waals surface area (Å²) in [4.78, 5) is 11.2. The molecule has 18 heavy (non-hydrogen) atoms. The zero-order chi connectivity index (χ0) is 13.3. The molecule has 1 aliphatic carbocycles. The predicted molar refractivity (Wildman–Crippen MR) is 71.6 cm³/mol. The first kappa shape index (κ1) is 13.1. The summed E-state index contributed by atoms with van der Waals surface area (Å²) in [6.07, 6.45) is 2.03. The van der Waals surface area contributed by atoms with Gasteiger partial charge in [0.2, 0.25) is 0 Å². The minimum absolute atomic E-state index is 0.0939. The van der Waals surface area contributed by atoms with Gasteiger partial charge in [-0.3, -0.25) is 10.1 Å². The lowest BCUT2D eigenvalue weighted by atomic mass is 10.0. The standard InChI is InChI=1S/C15H21NO2/c1-9(2)14(15(17)18)16-13-7-6-11-5-4-10(3)8-12(11)13/h4-5,8-9,13-14,16H,6-7H2,1-3H3,(H,17,18). The molecule has 98 valence electrons. The first-order valence-electron chi connectivity index (χ1n) is 6.57. The van der Waals surface area contributed by atoms with Crippen LogP contribution in [0, 0.1) is 12.8 Å². The van der Waals surface area contributed by atoms with Gasteiger partial charge in [-0.1, -0.05) is 37.6 Å². The molecule has 2 rings (SSSR count). The minimum atomic E-state index is -0.758. The lowest BCUT2D eigenvalue weighted by molar-refractivity contribution is -0.140. The Kier molecular flexibility index (Phi) is 3.71. The Morgan fingerprint density at radius 3 is 2.78 bits per heavy atom. The van der Waals surface area contributed by atoms with E-state index in [9.17, 15) is 9.90 Å². The van der Waals surface area contributed by atoms with E-state index in [4.69, 9.17) is 0 Å². The Bertz CT molecular complexity index is 454. The van der Waals surface area contributed by atoms with E-state index < -0.39 is 12.0 Å². The zero-order valence-corrected chi connectivity index (χ0v) is 11.2. The fraction of sp³-hybridized carbons (Fsp3) is 0.533. The highest BCUT2D eigenvalue weighted by atomic mass is 16.4. The van der Waals surface area contributed by atoms with Crippen LogP contribution in [0.25, 0.3) is 0 Å². The maximum absolute atomic E-state index is 11.2. The largest absolute Gasteiger partial charge is 0.480 e. The molecule has 0 saturated heterocycles. The monoisotopic (exact) mass is 247 g/mol. The van der Waals surface area contributed by atoms with Crippen LogP contribution >= 0.6 is 0 Å². The van der Waals surface area contributed by atoms with E-state index in [1.807, 2.05) is 13.8 Å². The molecule has 0 fully saturated rings. The second-order valence-electron chi connectivity index (χ2n) is 5.52. The third-order valence-corrected chi connectivity index (χ3v) is 3.69. The molecule has 0 heterocycles. The van der Waals surface area contributed by atoms with Crippen molar-refractivity contribution in [2.45, 2.75) is 45.7 Å². The average Bonchev–Trinajstić information content (AvgIpc) is 2.67. The Morgan fingerprint density at radius 2 is 2.17 bits per heavy atom. The van der Waals surface area contributed by atoms with E-state index in [1.165, 1.54) is 16.7 Å². The highest BCUT2D eigenvalue weighted by Crippen LogP contribution is 2.32. The minimum Gasteiger partial charge on any atom is -0.480 e. The molecular weight excluding hydrogens is 226 g/mol. The van der Waals surface area contributed by atoms with Gasteiger partial charge in [0.15, 0.2) is 0 Å². The van der Waals surface area contributed by atoms with Crippen molar-refractivity contribution in [3.05, 3.63) is 34.9 Å². The van der Waals surface area contributed by atoms with Crippen LogP contribution < -0.4 is 5.32 Å². The van der Waals surface area contributed by atoms with Crippen molar-refractivity contribution in [3.63, 3.8) is 0 Å². The van der Waals surface area contributed by atoms with Crippen molar-refractivity contribution < 1.29 is 9.90 Å². The van der Waals surface area contributed by atoms with Gasteiger partial charge in [0.25, 0.3) is 0 Å². The summed E-state index contributed by atoms with van der Waals surface area (Å²) < 4.78 is 0. The van der Waals surface area contributed by atoms with E-state index in [0.717, 1.165) is 12.8 Å². The van der Waals surface area contributed by atoms with Gasteiger partial charge in [-0.25, -0.2) is 0 Å². The topological polar surface area (TPSA) is 49.3 Å². The van der Waals surface area contributed by atoms with Gasteiger partial charge in [0.1, 0.15) is 6.04 Å². The third kappa shape index (κ3) is 2.56. The number of rotatable bonds is 4. The summed E-state index contributed by atoms with van der Waals surface area (Å²) in [7, 11) is 0. The number of aryl methyl sites for hydroxylation is 2. The van der Waals surface area contributed by atoms with Crippen LogP contribution in [0.4, 0.5) is 0 Å². The van der Waals surface area contributed by atoms with Crippen LogP contribution in [-0.2, 0) is 11.2 Å². The number of carboxylic acid groups (broad SMARTS) is 1. The number of hydrogen-bond donors (Lipinski definition) is 2. The van der Waals surface area contributed by atoms with Crippen molar-refractivity contribution in [2.24, 2.45) is 5.92 Å². The molecule has 0 radical (unpaired) electrons. The first-order valence-corrected chi connectivity index (χ1v) is 6.57. The molecule has 1 aliphatic rings. The number of aliphatic carboxylic acids is 1. The molecule has 1 aromatic carbocycles. The van der Waals surface area contributed by atoms with Crippen LogP contribution in [0.1, 0.15) is 43.0 Å². The van der Waals surface area contributed by atoms with Gasteiger partial charge in [-0.05, 0) is 36.8 Å². The van der Waals surface area contributed by atoms with Gasteiger partial charge in [-0.2, -0.15) is 0 Å². The quantitative estimate of drug-likeness (QED) is 0.860. The van der Waals surface area contributed by atoms with Crippen LogP contribution in [0.15, 0.2) is 18.2 Å². The van der Waals surface area contributed by atoms with Crippen molar-refractivity contribution in [2.75, 3.05) is 0 Å². The molecule has 3 heteroatoms. The van der Waals surface area contributed by atoms with E-state index in [-0.39, 0.29) is 12.0 Å². The normalized spacial score (nSPS) is 19.9.